The molecule has 1 amide bonds. The van der Waals surface area contributed by atoms with Crippen molar-refractivity contribution < 1.29 is 4.79 Å². The van der Waals surface area contributed by atoms with Crippen molar-refractivity contribution in [2.24, 2.45) is 0 Å². The molecule has 0 saturated carbocycles. The normalized spacial score (nSPS) is 15.3. The summed E-state index contributed by atoms with van der Waals surface area (Å²) in [5.41, 5.74) is 6.63. The highest BCUT2D eigenvalue weighted by Crippen LogP contribution is 2.24. The first kappa shape index (κ1) is 14.2. The lowest BCUT2D eigenvalue weighted by molar-refractivity contribution is 0.0752. The number of carbonyl (C=O) groups excluding carboxylic acids is 1. The van der Waals surface area contributed by atoms with Crippen molar-refractivity contribution in [3.8, 4) is 0 Å². The summed E-state index contributed by atoms with van der Waals surface area (Å²) in [5.74, 6) is 0.532. The van der Waals surface area contributed by atoms with Crippen molar-refractivity contribution in [3.05, 3.63) is 39.7 Å². The maximum absolute atomic E-state index is 12.4. The Labute approximate surface area is 131 Å². The number of aromatic nitrogens is 1. The fourth-order valence-corrected chi connectivity index (χ4v) is 3.45. The number of halogens is 1. The van der Waals surface area contributed by atoms with E-state index in [9.17, 15) is 4.79 Å². The molecule has 3 rings (SSSR count). The summed E-state index contributed by atoms with van der Waals surface area (Å²) in [6.07, 6.45) is 1.77. The highest BCUT2D eigenvalue weighted by Gasteiger charge is 2.24. The summed E-state index contributed by atoms with van der Waals surface area (Å²) in [5, 5.41) is 2.38. The number of piperazine rings is 1. The first-order valence-electron chi connectivity index (χ1n) is 6.64. The molecule has 1 saturated heterocycles. The molecule has 1 aliphatic rings. The van der Waals surface area contributed by atoms with Crippen molar-refractivity contribution in [2.45, 2.75) is 0 Å². The largest absolute Gasteiger partial charge is 0.384 e. The monoisotopic (exact) mass is 322 g/mol. The van der Waals surface area contributed by atoms with Gasteiger partial charge in [-0.1, -0.05) is 11.6 Å². The van der Waals surface area contributed by atoms with Gasteiger partial charge in [-0.15, -0.1) is 11.3 Å². The summed E-state index contributed by atoms with van der Waals surface area (Å²) < 4.78 is 0. The average molecular weight is 323 g/mol. The van der Waals surface area contributed by atoms with Gasteiger partial charge in [0.05, 0.1) is 16.9 Å². The predicted octanol–water partition coefficient (Wildman–Crippen LogP) is 2.34. The summed E-state index contributed by atoms with van der Waals surface area (Å²) >= 11 is 7.42. The number of nitrogens with zero attached hydrogens (tertiary/aromatic N) is 3. The van der Waals surface area contributed by atoms with Gasteiger partial charge in [-0.2, -0.15) is 0 Å². The Hall–Kier alpha value is -1.79. The zero-order chi connectivity index (χ0) is 14.8. The van der Waals surface area contributed by atoms with Crippen molar-refractivity contribution >= 4 is 40.4 Å². The van der Waals surface area contributed by atoms with Gasteiger partial charge in [0.25, 0.3) is 5.91 Å². The van der Waals surface area contributed by atoms with Crippen molar-refractivity contribution in [2.75, 3.05) is 36.8 Å². The molecule has 0 atom stereocenters. The fourth-order valence-electron chi connectivity index (χ4n) is 2.34. The van der Waals surface area contributed by atoms with Crippen LogP contribution in [0.3, 0.4) is 0 Å². The van der Waals surface area contributed by atoms with E-state index in [1.807, 2.05) is 16.3 Å². The first-order chi connectivity index (χ1) is 10.1. The van der Waals surface area contributed by atoms with E-state index in [4.69, 9.17) is 17.3 Å². The number of rotatable bonds is 2. The number of hydrogen-bond acceptors (Lipinski definition) is 5. The summed E-state index contributed by atoms with van der Waals surface area (Å²) in [7, 11) is 0. The molecule has 2 N–H and O–H groups in total. The number of hydrogen-bond donors (Lipinski definition) is 1. The lowest BCUT2D eigenvalue weighted by atomic mass is 10.2. The highest BCUT2D eigenvalue weighted by molar-refractivity contribution is 7.12. The molecule has 0 aliphatic carbocycles. The standard InChI is InChI=1S/C14H15ClN4OS/c15-11-3-8-21-13(11)14(20)19-6-4-18(5-7-19)10-1-2-12(16)17-9-10/h1-3,8-9H,4-7H2,(H2,16,17). The van der Waals surface area contributed by atoms with Crippen LogP contribution in [0.15, 0.2) is 29.8 Å². The second kappa shape index (κ2) is 5.91. The average Bonchev–Trinajstić information content (AvgIpc) is 2.94. The van der Waals surface area contributed by atoms with Gasteiger partial charge >= 0.3 is 0 Å². The van der Waals surface area contributed by atoms with Gasteiger partial charge in [0, 0.05) is 26.2 Å². The van der Waals surface area contributed by atoms with Crippen LogP contribution < -0.4 is 10.6 Å². The SMILES string of the molecule is Nc1ccc(N2CCN(C(=O)c3sccc3Cl)CC2)cn1. The molecule has 0 spiro atoms. The summed E-state index contributed by atoms with van der Waals surface area (Å²) in [6, 6.07) is 5.50. The Morgan fingerprint density at radius 1 is 1.24 bits per heavy atom. The molecule has 1 fully saturated rings. The minimum absolute atomic E-state index is 0.0186. The minimum Gasteiger partial charge on any atom is -0.384 e. The highest BCUT2D eigenvalue weighted by atomic mass is 35.5. The van der Waals surface area contributed by atoms with Crippen LogP contribution in [-0.4, -0.2) is 42.0 Å². The van der Waals surface area contributed by atoms with Crippen LogP contribution >= 0.6 is 22.9 Å². The Bertz CT molecular complexity index is 635. The predicted molar refractivity (Wildman–Crippen MR) is 86.1 cm³/mol. The molecule has 0 aromatic carbocycles. The third-order valence-electron chi connectivity index (χ3n) is 3.51. The molecule has 7 heteroatoms. The number of thiophene rings is 1. The van der Waals surface area contributed by atoms with Crippen LogP contribution in [0.4, 0.5) is 11.5 Å². The third-order valence-corrected chi connectivity index (χ3v) is 4.84. The number of nitrogens with two attached hydrogens (primary N) is 1. The van der Waals surface area contributed by atoms with Gasteiger partial charge in [-0.05, 0) is 23.6 Å². The van der Waals surface area contributed by atoms with Crippen molar-refractivity contribution in [3.63, 3.8) is 0 Å². The third kappa shape index (κ3) is 2.96. The number of carbonyl (C=O) groups is 1. The molecular formula is C14H15ClN4OS. The molecule has 2 aromatic rings. The van der Waals surface area contributed by atoms with E-state index < -0.39 is 0 Å². The molecule has 3 heterocycles. The Balaban J connectivity index is 1.64. The van der Waals surface area contributed by atoms with E-state index in [2.05, 4.69) is 9.88 Å². The number of nitrogen functional groups attached to an aromatic ring is 1. The minimum atomic E-state index is 0.0186. The van der Waals surface area contributed by atoms with Crippen molar-refractivity contribution in [1.29, 1.82) is 0 Å². The van der Waals surface area contributed by atoms with E-state index in [1.165, 1.54) is 11.3 Å². The zero-order valence-electron chi connectivity index (χ0n) is 11.3. The first-order valence-corrected chi connectivity index (χ1v) is 7.89. The lowest BCUT2D eigenvalue weighted by Gasteiger charge is -2.35. The Morgan fingerprint density at radius 2 is 2.00 bits per heavy atom. The van der Waals surface area contributed by atoms with Gasteiger partial charge in [-0.3, -0.25) is 4.79 Å². The molecule has 0 unspecified atom stereocenters. The smallest absolute Gasteiger partial charge is 0.265 e. The quantitative estimate of drug-likeness (QED) is 0.922. The van der Waals surface area contributed by atoms with E-state index >= 15 is 0 Å². The van der Waals surface area contributed by atoms with E-state index in [-0.39, 0.29) is 5.91 Å². The second-order valence-corrected chi connectivity index (χ2v) is 6.14. The maximum Gasteiger partial charge on any atom is 0.265 e. The van der Waals surface area contributed by atoms with E-state index in [0.717, 1.165) is 18.8 Å². The van der Waals surface area contributed by atoms with Crippen LogP contribution in [0.2, 0.25) is 5.02 Å². The summed E-state index contributed by atoms with van der Waals surface area (Å²) in [6.45, 7) is 2.91. The van der Waals surface area contributed by atoms with Gasteiger partial charge in [0.2, 0.25) is 0 Å². The lowest BCUT2D eigenvalue weighted by Crippen LogP contribution is -2.48. The van der Waals surface area contributed by atoms with Gasteiger partial charge in [0.1, 0.15) is 10.7 Å². The second-order valence-electron chi connectivity index (χ2n) is 4.82. The molecule has 0 radical (unpaired) electrons. The van der Waals surface area contributed by atoms with E-state index in [0.29, 0.717) is 28.8 Å². The zero-order valence-corrected chi connectivity index (χ0v) is 12.9. The van der Waals surface area contributed by atoms with Gasteiger partial charge in [-0.25, -0.2) is 4.98 Å². The van der Waals surface area contributed by atoms with Crippen molar-refractivity contribution in [1.82, 2.24) is 9.88 Å². The Kier molecular flexibility index (Phi) is 3.98. The van der Waals surface area contributed by atoms with Crippen LogP contribution in [-0.2, 0) is 0 Å². The van der Waals surface area contributed by atoms with Gasteiger partial charge in [0.15, 0.2) is 0 Å². The van der Waals surface area contributed by atoms with Gasteiger partial charge < -0.3 is 15.5 Å². The number of anilines is 2. The molecule has 1 aliphatic heterocycles. The van der Waals surface area contributed by atoms with Crippen LogP contribution in [0.25, 0.3) is 0 Å². The number of amides is 1. The molecule has 110 valence electrons. The summed E-state index contributed by atoms with van der Waals surface area (Å²) in [4.78, 5) is 21.1. The fraction of sp³-hybridized carbons (Fsp3) is 0.286. The van der Waals surface area contributed by atoms with Crippen LogP contribution in [0.5, 0.6) is 0 Å². The van der Waals surface area contributed by atoms with Crippen LogP contribution in [0, 0.1) is 0 Å². The molecule has 2 aromatic heterocycles. The van der Waals surface area contributed by atoms with E-state index in [1.54, 1.807) is 18.3 Å². The molecular weight excluding hydrogens is 308 g/mol. The molecule has 0 bridgehead atoms. The number of pyridine rings is 1. The maximum atomic E-state index is 12.4. The molecule has 21 heavy (non-hydrogen) atoms. The topological polar surface area (TPSA) is 62.5 Å². The van der Waals surface area contributed by atoms with Crippen LogP contribution in [0.1, 0.15) is 9.67 Å². The Morgan fingerprint density at radius 3 is 2.57 bits per heavy atom. The molecule has 5 nitrogen and oxygen atoms in total.